The van der Waals surface area contributed by atoms with Crippen molar-refractivity contribution in [1.82, 2.24) is 4.57 Å². The number of allylic oxidation sites excluding steroid dienone is 1. The van der Waals surface area contributed by atoms with Gasteiger partial charge in [0.1, 0.15) is 0 Å². The van der Waals surface area contributed by atoms with Gasteiger partial charge in [0.25, 0.3) is 10.0 Å². The number of aryl methyl sites for hydroxylation is 1. The van der Waals surface area contributed by atoms with Gasteiger partial charge in [0, 0.05) is 40.8 Å². The largest absolute Gasteiger partial charge is 0.454 e. The van der Waals surface area contributed by atoms with Crippen LogP contribution in [-0.4, -0.2) is 19.8 Å². The Bertz CT molecular complexity index is 2190. The highest BCUT2D eigenvalue weighted by atomic mass is 32.2. The second-order valence-corrected chi connectivity index (χ2v) is 13.2. The van der Waals surface area contributed by atoms with Crippen molar-refractivity contribution in [2.24, 2.45) is 0 Å². The van der Waals surface area contributed by atoms with E-state index in [1.807, 2.05) is 49.5 Å². The highest BCUT2D eigenvalue weighted by Crippen LogP contribution is 2.47. The lowest BCUT2D eigenvalue weighted by Gasteiger charge is -2.24. The number of anilines is 1. The third kappa shape index (κ3) is 4.59. The van der Waals surface area contributed by atoms with Gasteiger partial charge in [-0.05, 0) is 54.0 Å². The number of benzene rings is 5. The smallest absolute Gasteiger partial charge is 0.268 e. The maximum absolute atomic E-state index is 14.5. The molecule has 1 atom stereocenters. The Morgan fingerprint density at radius 2 is 1.47 bits per heavy atom. The summed E-state index contributed by atoms with van der Waals surface area (Å²) in [6, 6.07) is 41.2. The van der Waals surface area contributed by atoms with Gasteiger partial charge in [-0.1, -0.05) is 96.6 Å². The van der Waals surface area contributed by atoms with Gasteiger partial charge in [0.15, 0.2) is 11.5 Å². The van der Waals surface area contributed by atoms with Crippen LogP contribution in [0.4, 0.5) is 5.69 Å². The number of nitrogens with zero attached hydrogens (tertiary/aromatic N) is 2. The molecule has 7 heteroatoms. The summed E-state index contributed by atoms with van der Waals surface area (Å²) >= 11 is 0. The van der Waals surface area contributed by atoms with Crippen LogP contribution in [0, 0.1) is 6.92 Å². The second-order valence-electron chi connectivity index (χ2n) is 11.4. The van der Waals surface area contributed by atoms with Crippen LogP contribution >= 0.6 is 0 Å². The first-order valence-electron chi connectivity index (χ1n) is 14.9. The summed E-state index contributed by atoms with van der Waals surface area (Å²) in [6.45, 7) is 2.05. The summed E-state index contributed by atoms with van der Waals surface area (Å²) in [5.74, 6) is 1.11. The number of fused-ring (bicyclic) bond motifs is 4. The zero-order valence-corrected chi connectivity index (χ0v) is 25.4. The third-order valence-corrected chi connectivity index (χ3v) is 10.3. The number of para-hydroxylation sites is 1. The van der Waals surface area contributed by atoms with E-state index < -0.39 is 10.0 Å². The molecule has 0 saturated heterocycles. The molecule has 0 N–H and O–H groups in total. The van der Waals surface area contributed by atoms with Gasteiger partial charge in [-0.2, -0.15) is 0 Å². The highest BCUT2D eigenvalue weighted by Gasteiger charge is 2.36. The van der Waals surface area contributed by atoms with Crippen LogP contribution in [0.25, 0.3) is 22.0 Å². The Hall–Kier alpha value is -5.27. The van der Waals surface area contributed by atoms with Gasteiger partial charge in [-0.15, -0.1) is 0 Å². The van der Waals surface area contributed by atoms with Crippen molar-refractivity contribution in [3.8, 4) is 22.6 Å². The quantitative estimate of drug-likeness (QED) is 0.191. The zero-order valence-electron chi connectivity index (χ0n) is 24.6. The Kier molecular flexibility index (Phi) is 6.50. The van der Waals surface area contributed by atoms with E-state index in [2.05, 4.69) is 65.2 Å². The van der Waals surface area contributed by atoms with E-state index in [4.69, 9.17) is 9.47 Å². The average molecular weight is 611 g/mol. The van der Waals surface area contributed by atoms with Crippen molar-refractivity contribution < 1.29 is 17.9 Å². The van der Waals surface area contributed by atoms with Crippen LogP contribution in [0.3, 0.4) is 0 Å². The van der Waals surface area contributed by atoms with Gasteiger partial charge in [0.2, 0.25) is 6.79 Å². The van der Waals surface area contributed by atoms with Crippen molar-refractivity contribution in [2.75, 3.05) is 11.1 Å². The molecule has 5 aromatic carbocycles. The first-order chi connectivity index (χ1) is 22.0. The summed E-state index contributed by atoms with van der Waals surface area (Å²) in [7, 11) is -4.01. The minimum absolute atomic E-state index is 0.103. The van der Waals surface area contributed by atoms with Gasteiger partial charge in [-0.25, -0.2) is 12.7 Å². The lowest BCUT2D eigenvalue weighted by molar-refractivity contribution is 0.174. The molecular formula is C38H30N2O4S. The standard InChI is InChI=1S/C38H30N2O4S/c1-26-16-19-31(20-17-26)45(41,42)39(30-18-21-35-36(23-30)44-25-43-35)24-29-22-34-37(27-10-4-2-5-11-27)32-14-8-9-15-33(32)40(34)38(29)28-12-6-3-7-13-28/h2-21,23-24,38H,22,25H2,1H3/b29-24+. The molecule has 0 bridgehead atoms. The molecule has 8 rings (SSSR count). The Labute approximate surface area is 262 Å². The molecule has 222 valence electrons. The zero-order chi connectivity index (χ0) is 30.5. The fourth-order valence-corrected chi connectivity index (χ4v) is 7.93. The number of hydrogen-bond acceptors (Lipinski definition) is 4. The predicted molar refractivity (Wildman–Crippen MR) is 177 cm³/mol. The number of hydrogen-bond donors (Lipinski definition) is 0. The van der Waals surface area contributed by atoms with E-state index in [0.717, 1.165) is 33.5 Å². The molecule has 3 heterocycles. The van der Waals surface area contributed by atoms with E-state index in [9.17, 15) is 8.42 Å². The van der Waals surface area contributed by atoms with Crippen molar-refractivity contribution >= 4 is 26.6 Å². The fourth-order valence-electron chi connectivity index (χ4n) is 6.56. The number of ether oxygens (including phenoxy) is 2. The first kappa shape index (κ1) is 27.3. The summed E-state index contributed by atoms with van der Waals surface area (Å²) in [5.41, 5.74) is 8.08. The molecule has 2 aliphatic heterocycles. The maximum atomic E-state index is 14.5. The summed E-state index contributed by atoms with van der Waals surface area (Å²) < 4.78 is 44.0. The number of aromatic nitrogens is 1. The normalized spacial score (nSPS) is 16.3. The monoisotopic (exact) mass is 610 g/mol. The lowest BCUT2D eigenvalue weighted by atomic mass is 9.95. The van der Waals surface area contributed by atoms with E-state index >= 15 is 0 Å². The fraction of sp³-hybridized carbons (Fsp3) is 0.105. The molecule has 1 aromatic heterocycles. The van der Waals surface area contributed by atoms with Crippen LogP contribution in [-0.2, 0) is 16.4 Å². The number of rotatable bonds is 6. The van der Waals surface area contributed by atoms with Crippen LogP contribution in [0.5, 0.6) is 11.5 Å². The van der Waals surface area contributed by atoms with E-state index in [-0.39, 0.29) is 17.7 Å². The molecule has 6 nitrogen and oxygen atoms in total. The third-order valence-electron chi connectivity index (χ3n) is 8.64. The molecule has 0 amide bonds. The van der Waals surface area contributed by atoms with Gasteiger partial charge >= 0.3 is 0 Å². The number of sulfonamides is 1. The van der Waals surface area contributed by atoms with Crippen molar-refractivity contribution in [3.05, 3.63) is 156 Å². The molecule has 6 aromatic rings. The first-order valence-corrected chi connectivity index (χ1v) is 16.4. The Balaban J connectivity index is 1.37. The summed E-state index contributed by atoms with van der Waals surface area (Å²) in [4.78, 5) is 0.215. The second kappa shape index (κ2) is 10.7. The molecule has 45 heavy (non-hydrogen) atoms. The van der Waals surface area contributed by atoms with Crippen LogP contribution in [0.1, 0.15) is 22.9 Å². The van der Waals surface area contributed by atoms with Crippen molar-refractivity contribution in [1.29, 1.82) is 0 Å². The SMILES string of the molecule is Cc1ccc(S(=O)(=O)N(/C=C2\Cc3c(-c4ccccc4)c4ccccc4n3C2c2ccccc2)c2ccc3c(c2)OCO3)cc1. The van der Waals surface area contributed by atoms with Crippen LogP contribution in [0.2, 0.25) is 0 Å². The van der Waals surface area contributed by atoms with E-state index in [1.54, 1.807) is 30.3 Å². The topological polar surface area (TPSA) is 60.8 Å². The van der Waals surface area contributed by atoms with Crippen molar-refractivity contribution in [2.45, 2.75) is 24.3 Å². The van der Waals surface area contributed by atoms with E-state index in [0.29, 0.717) is 23.6 Å². The highest BCUT2D eigenvalue weighted by molar-refractivity contribution is 7.93. The lowest BCUT2D eigenvalue weighted by Crippen LogP contribution is -2.27. The minimum atomic E-state index is -4.01. The van der Waals surface area contributed by atoms with Crippen LogP contribution < -0.4 is 13.8 Å². The average Bonchev–Trinajstić information content (AvgIpc) is 3.77. The molecule has 0 aliphatic carbocycles. The summed E-state index contributed by atoms with van der Waals surface area (Å²) in [5, 5.41) is 1.18. The van der Waals surface area contributed by atoms with Gasteiger partial charge in [-0.3, -0.25) is 0 Å². The minimum Gasteiger partial charge on any atom is -0.454 e. The molecular weight excluding hydrogens is 580 g/mol. The van der Waals surface area contributed by atoms with Gasteiger partial charge < -0.3 is 14.0 Å². The van der Waals surface area contributed by atoms with Crippen LogP contribution in [0.15, 0.2) is 144 Å². The van der Waals surface area contributed by atoms with Gasteiger partial charge in [0.05, 0.1) is 16.6 Å². The molecule has 0 radical (unpaired) electrons. The molecule has 2 aliphatic rings. The maximum Gasteiger partial charge on any atom is 0.268 e. The molecule has 0 saturated carbocycles. The molecule has 0 fully saturated rings. The summed E-state index contributed by atoms with van der Waals surface area (Å²) in [6.07, 6.45) is 2.39. The van der Waals surface area contributed by atoms with Crippen molar-refractivity contribution in [3.63, 3.8) is 0 Å². The van der Waals surface area contributed by atoms with E-state index in [1.165, 1.54) is 15.3 Å². The predicted octanol–water partition coefficient (Wildman–Crippen LogP) is 8.27. The molecule has 0 spiro atoms. The molecule has 1 unspecified atom stereocenters. The Morgan fingerprint density at radius 1 is 0.778 bits per heavy atom. The Morgan fingerprint density at radius 3 is 2.24 bits per heavy atom.